The second-order valence-electron chi connectivity index (χ2n) is 3.43. The number of anilines is 1. The first kappa shape index (κ1) is 11.9. The van der Waals surface area contributed by atoms with Crippen molar-refractivity contribution in [2.45, 2.75) is 25.4 Å². The van der Waals surface area contributed by atoms with Crippen LogP contribution in [0.2, 0.25) is 0 Å². The summed E-state index contributed by atoms with van der Waals surface area (Å²) in [6.07, 6.45) is 2.25. The third-order valence-electron chi connectivity index (χ3n) is 2.23. The number of rotatable bonds is 4. The number of carbonyl (C=O) groups is 1. The van der Waals surface area contributed by atoms with E-state index in [0.29, 0.717) is 11.7 Å². The van der Waals surface area contributed by atoms with E-state index in [2.05, 4.69) is 31.4 Å². The molecule has 0 spiro atoms. The van der Waals surface area contributed by atoms with E-state index in [1.54, 1.807) is 0 Å². The lowest BCUT2D eigenvalue weighted by molar-refractivity contribution is -0.124. The number of aryl methyl sites for hydroxylation is 1. The van der Waals surface area contributed by atoms with Gasteiger partial charge >= 0.3 is 0 Å². The summed E-state index contributed by atoms with van der Waals surface area (Å²) in [5, 5.41) is 12.9. The largest absolute Gasteiger partial charge is 0.368 e. The average molecular weight is 306 g/mol. The molecular formula is C9H12BrN3O2S. The fraction of sp³-hybridized carbons (Fsp3) is 0.667. The van der Waals surface area contributed by atoms with Crippen molar-refractivity contribution in [3.8, 4) is 0 Å². The highest BCUT2D eigenvalue weighted by atomic mass is 79.9. The van der Waals surface area contributed by atoms with Crippen molar-refractivity contribution in [2.24, 2.45) is 0 Å². The van der Waals surface area contributed by atoms with Gasteiger partial charge in [-0.25, -0.2) is 0 Å². The summed E-state index contributed by atoms with van der Waals surface area (Å²) >= 11 is 4.74. The highest BCUT2D eigenvalue weighted by Crippen LogP contribution is 2.19. The molecule has 0 bridgehead atoms. The number of ether oxygens (including phenoxy) is 1. The standard InChI is InChI=1S/C9H12BrN3O2S/c10-4-3-7-12-13-9(16-7)11-8(14)6-2-1-5-15-6/h6H,1-5H2,(H,11,13,14). The molecule has 1 aliphatic rings. The van der Waals surface area contributed by atoms with Crippen LogP contribution < -0.4 is 5.32 Å². The van der Waals surface area contributed by atoms with Gasteiger partial charge in [-0.15, -0.1) is 10.2 Å². The maximum atomic E-state index is 11.7. The van der Waals surface area contributed by atoms with Crippen LogP contribution in [0.4, 0.5) is 5.13 Å². The van der Waals surface area contributed by atoms with Gasteiger partial charge < -0.3 is 4.74 Å². The second-order valence-corrected chi connectivity index (χ2v) is 5.29. The molecule has 0 aromatic carbocycles. The van der Waals surface area contributed by atoms with Crippen molar-refractivity contribution >= 4 is 38.3 Å². The SMILES string of the molecule is O=C(Nc1nnc(CCBr)s1)C1CCCO1. The molecular weight excluding hydrogens is 294 g/mol. The number of alkyl halides is 1. The predicted octanol–water partition coefficient (Wildman–Crippen LogP) is 1.59. The Kier molecular flexibility index (Phi) is 4.25. The zero-order chi connectivity index (χ0) is 11.4. The molecule has 16 heavy (non-hydrogen) atoms. The van der Waals surface area contributed by atoms with E-state index in [1.807, 2.05) is 0 Å². The van der Waals surface area contributed by atoms with Crippen molar-refractivity contribution < 1.29 is 9.53 Å². The molecule has 0 saturated carbocycles. The van der Waals surface area contributed by atoms with Crippen LogP contribution in [0.5, 0.6) is 0 Å². The van der Waals surface area contributed by atoms with E-state index in [4.69, 9.17) is 4.74 Å². The first-order valence-electron chi connectivity index (χ1n) is 5.10. The molecule has 2 heterocycles. The van der Waals surface area contributed by atoms with Crippen molar-refractivity contribution in [3.05, 3.63) is 5.01 Å². The van der Waals surface area contributed by atoms with E-state index in [1.165, 1.54) is 11.3 Å². The van der Waals surface area contributed by atoms with E-state index in [0.717, 1.165) is 29.6 Å². The minimum Gasteiger partial charge on any atom is -0.368 e. The summed E-state index contributed by atoms with van der Waals surface area (Å²) in [6.45, 7) is 0.670. The molecule has 1 unspecified atom stereocenters. The van der Waals surface area contributed by atoms with Gasteiger partial charge in [0.25, 0.3) is 5.91 Å². The van der Waals surface area contributed by atoms with Crippen LogP contribution in [0.1, 0.15) is 17.8 Å². The van der Waals surface area contributed by atoms with Crippen LogP contribution in [0.15, 0.2) is 0 Å². The van der Waals surface area contributed by atoms with E-state index < -0.39 is 0 Å². The number of nitrogens with one attached hydrogen (secondary N) is 1. The first-order valence-corrected chi connectivity index (χ1v) is 7.04. The Hall–Kier alpha value is -0.530. The minimum atomic E-state index is -0.316. The summed E-state index contributed by atoms with van der Waals surface area (Å²) in [5.74, 6) is -0.112. The summed E-state index contributed by atoms with van der Waals surface area (Å²) < 4.78 is 5.28. The van der Waals surface area contributed by atoms with Gasteiger partial charge in [-0.1, -0.05) is 27.3 Å². The van der Waals surface area contributed by atoms with Crippen LogP contribution in [0.3, 0.4) is 0 Å². The molecule has 7 heteroatoms. The molecule has 1 aromatic heterocycles. The minimum absolute atomic E-state index is 0.112. The summed E-state index contributed by atoms with van der Waals surface area (Å²) in [6, 6.07) is 0. The Morgan fingerprint density at radius 1 is 1.62 bits per heavy atom. The molecule has 5 nitrogen and oxygen atoms in total. The fourth-order valence-corrected chi connectivity index (χ4v) is 2.84. The number of hydrogen-bond donors (Lipinski definition) is 1. The summed E-state index contributed by atoms with van der Waals surface area (Å²) in [5.41, 5.74) is 0. The zero-order valence-electron chi connectivity index (χ0n) is 8.61. The van der Waals surface area contributed by atoms with E-state index in [9.17, 15) is 4.79 Å². The Balaban J connectivity index is 1.89. The van der Waals surface area contributed by atoms with Gasteiger partial charge in [0, 0.05) is 18.4 Å². The molecule has 1 saturated heterocycles. The highest BCUT2D eigenvalue weighted by Gasteiger charge is 2.24. The number of halogens is 1. The number of nitrogens with zero attached hydrogens (tertiary/aromatic N) is 2. The van der Waals surface area contributed by atoms with Crippen molar-refractivity contribution in [1.29, 1.82) is 0 Å². The van der Waals surface area contributed by atoms with Crippen LogP contribution >= 0.6 is 27.3 Å². The molecule has 2 rings (SSSR count). The second kappa shape index (κ2) is 5.70. The molecule has 1 aliphatic heterocycles. The van der Waals surface area contributed by atoms with Gasteiger partial charge in [-0.2, -0.15) is 0 Å². The van der Waals surface area contributed by atoms with Gasteiger partial charge in [0.1, 0.15) is 11.1 Å². The number of hydrogen-bond acceptors (Lipinski definition) is 5. The van der Waals surface area contributed by atoms with Crippen LogP contribution in [-0.2, 0) is 16.0 Å². The molecule has 1 N–H and O–H groups in total. The quantitative estimate of drug-likeness (QED) is 0.858. The number of carbonyl (C=O) groups excluding carboxylic acids is 1. The fourth-order valence-electron chi connectivity index (χ4n) is 1.46. The van der Waals surface area contributed by atoms with Crippen molar-refractivity contribution in [2.75, 3.05) is 17.3 Å². The predicted molar refractivity (Wildman–Crippen MR) is 65.0 cm³/mol. The third-order valence-corrected chi connectivity index (χ3v) is 3.52. The molecule has 0 aliphatic carbocycles. The Bertz CT molecular complexity index is 365. The Morgan fingerprint density at radius 2 is 2.50 bits per heavy atom. The molecule has 88 valence electrons. The maximum absolute atomic E-state index is 11.7. The van der Waals surface area contributed by atoms with Crippen molar-refractivity contribution in [3.63, 3.8) is 0 Å². The molecule has 0 radical (unpaired) electrons. The Labute approximate surface area is 106 Å². The Morgan fingerprint density at radius 3 is 3.19 bits per heavy atom. The van der Waals surface area contributed by atoms with Crippen LogP contribution in [-0.4, -0.2) is 34.1 Å². The van der Waals surface area contributed by atoms with Gasteiger partial charge in [-0.3, -0.25) is 10.1 Å². The monoisotopic (exact) mass is 305 g/mol. The van der Waals surface area contributed by atoms with Gasteiger partial charge in [0.05, 0.1) is 0 Å². The number of aromatic nitrogens is 2. The van der Waals surface area contributed by atoms with Crippen molar-refractivity contribution in [1.82, 2.24) is 10.2 Å². The average Bonchev–Trinajstić information content (AvgIpc) is 2.89. The van der Waals surface area contributed by atoms with Crippen LogP contribution in [0, 0.1) is 0 Å². The first-order chi connectivity index (χ1) is 7.79. The van der Waals surface area contributed by atoms with Crippen LogP contribution in [0.25, 0.3) is 0 Å². The lowest BCUT2D eigenvalue weighted by Gasteiger charge is -2.06. The smallest absolute Gasteiger partial charge is 0.255 e. The molecule has 1 fully saturated rings. The topological polar surface area (TPSA) is 64.1 Å². The molecule has 1 amide bonds. The normalized spacial score (nSPS) is 19.9. The molecule has 1 atom stereocenters. The van der Waals surface area contributed by atoms with Gasteiger partial charge in [0.15, 0.2) is 0 Å². The lowest BCUT2D eigenvalue weighted by atomic mass is 10.2. The highest BCUT2D eigenvalue weighted by molar-refractivity contribution is 9.09. The maximum Gasteiger partial charge on any atom is 0.255 e. The van der Waals surface area contributed by atoms with E-state index in [-0.39, 0.29) is 12.0 Å². The summed E-state index contributed by atoms with van der Waals surface area (Å²) in [7, 11) is 0. The van der Waals surface area contributed by atoms with Gasteiger partial charge in [0.2, 0.25) is 5.13 Å². The lowest BCUT2D eigenvalue weighted by Crippen LogP contribution is -2.26. The summed E-state index contributed by atoms with van der Waals surface area (Å²) in [4.78, 5) is 11.7. The molecule has 1 aromatic rings. The number of amides is 1. The third kappa shape index (κ3) is 2.99. The zero-order valence-corrected chi connectivity index (χ0v) is 11.0. The van der Waals surface area contributed by atoms with Gasteiger partial charge in [-0.05, 0) is 12.8 Å². The van der Waals surface area contributed by atoms with E-state index >= 15 is 0 Å².